The fraction of sp³-hybridized carbons (Fsp3) is 0.939. The van der Waals surface area contributed by atoms with Crippen molar-refractivity contribution in [3.63, 3.8) is 0 Å². The van der Waals surface area contributed by atoms with Gasteiger partial charge in [-0.3, -0.25) is 0 Å². The molecular weight excluding hydrogens is 588 g/mol. The molecule has 0 aromatic rings. The maximum absolute atomic E-state index is 10.6. The van der Waals surface area contributed by atoms with Gasteiger partial charge in [-0.05, 0) is 92.8 Å². The second-order valence-corrected chi connectivity index (χ2v) is 15.2. The molecule has 18 atom stereocenters. The Kier molecular flexibility index (Phi) is 9.82. The van der Waals surface area contributed by atoms with Gasteiger partial charge in [0.1, 0.15) is 48.8 Å². The Bertz CT molecular complexity index is 1070. The summed E-state index contributed by atoms with van der Waals surface area (Å²) in [6, 6.07) is 0. The van der Waals surface area contributed by atoms with E-state index in [1.54, 1.807) is 0 Å². The van der Waals surface area contributed by atoms with Crippen LogP contribution in [0.15, 0.2) is 11.6 Å². The lowest BCUT2D eigenvalue weighted by atomic mass is 9.47. The van der Waals surface area contributed by atoms with Gasteiger partial charge in [-0.2, -0.15) is 0 Å². The van der Waals surface area contributed by atoms with Gasteiger partial charge in [0.25, 0.3) is 0 Å². The summed E-state index contributed by atoms with van der Waals surface area (Å²) in [7, 11) is 0. The SMILES string of the molecule is C[C@H](O[C@@H]1O[C@H](CO)[C@@H](O)[C@H](O)[C@H]1O)[C@H]1CC[C@H]2[C@@H]3CC=C4C[C@@H](O[C@@H]5O[C@H](CO)[C@@H](O)[C@H](O)[C@H]5O)CC[C@]4(C)[C@H]3CC[C@]12C. The van der Waals surface area contributed by atoms with E-state index in [1.807, 2.05) is 6.92 Å². The van der Waals surface area contributed by atoms with Crippen LogP contribution < -0.4 is 0 Å². The molecule has 6 aliphatic rings. The second-order valence-electron chi connectivity index (χ2n) is 15.2. The number of aliphatic hydroxyl groups excluding tert-OH is 8. The van der Waals surface area contributed by atoms with Crippen LogP contribution in [0, 0.1) is 34.5 Å². The standard InChI is InChI=1S/C33H54O12/c1-15(42-30-28(40)26(38)24(36)22(13-34)44-30)19-6-7-20-18-5-4-16-12-17(8-10-32(16,2)21(18)9-11-33(19,20)3)43-31-29(41)27(39)25(37)23(14-35)45-31/h4,15,17-31,34-41H,5-14H2,1-3H3/t15-,17-,18-,19+,20-,21-,22+,23+,24+,25+,26-,27-,28+,29+,30+,31+,32-,33+/m0/s1. The smallest absolute Gasteiger partial charge is 0.186 e. The van der Waals surface area contributed by atoms with Crippen LogP contribution >= 0.6 is 0 Å². The van der Waals surface area contributed by atoms with Crippen molar-refractivity contribution in [2.24, 2.45) is 34.5 Å². The van der Waals surface area contributed by atoms with Gasteiger partial charge in [-0.15, -0.1) is 0 Å². The zero-order valence-corrected chi connectivity index (χ0v) is 26.6. The minimum absolute atomic E-state index is 0.0377. The van der Waals surface area contributed by atoms with E-state index in [9.17, 15) is 40.9 Å². The number of fused-ring (bicyclic) bond motifs is 5. The lowest BCUT2D eigenvalue weighted by molar-refractivity contribution is -0.316. The first-order valence-corrected chi connectivity index (χ1v) is 17.0. The normalized spacial score (nSPS) is 54.0. The minimum atomic E-state index is -1.46. The zero-order valence-electron chi connectivity index (χ0n) is 26.6. The molecule has 6 rings (SSSR count). The van der Waals surface area contributed by atoms with Crippen LogP contribution in [0.2, 0.25) is 0 Å². The Labute approximate surface area is 265 Å². The number of hydrogen-bond acceptors (Lipinski definition) is 12. The van der Waals surface area contributed by atoms with Gasteiger partial charge in [-0.25, -0.2) is 0 Å². The molecule has 258 valence electrons. The van der Waals surface area contributed by atoms with Crippen LogP contribution in [0.3, 0.4) is 0 Å². The third-order valence-electron chi connectivity index (χ3n) is 13.1. The molecule has 4 aliphatic carbocycles. The highest BCUT2D eigenvalue weighted by Crippen LogP contribution is 2.67. The van der Waals surface area contributed by atoms with Gasteiger partial charge < -0.3 is 59.8 Å². The number of ether oxygens (including phenoxy) is 4. The second kappa shape index (κ2) is 12.9. The largest absolute Gasteiger partial charge is 0.394 e. The summed E-state index contributed by atoms with van der Waals surface area (Å²) in [4.78, 5) is 0. The first-order chi connectivity index (χ1) is 21.3. The van der Waals surface area contributed by atoms with Crippen LogP contribution in [0.5, 0.6) is 0 Å². The highest BCUT2D eigenvalue weighted by molar-refractivity contribution is 5.25. The maximum Gasteiger partial charge on any atom is 0.186 e. The quantitative estimate of drug-likeness (QED) is 0.173. The number of rotatable bonds is 7. The molecule has 0 spiro atoms. The fourth-order valence-corrected chi connectivity index (χ4v) is 10.4. The Morgan fingerprint density at radius 3 is 2.04 bits per heavy atom. The molecule has 0 aromatic heterocycles. The molecule has 2 heterocycles. The minimum Gasteiger partial charge on any atom is -0.394 e. The van der Waals surface area contributed by atoms with Gasteiger partial charge in [0, 0.05) is 0 Å². The van der Waals surface area contributed by atoms with Gasteiger partial charge in [0.15, 0.2) is 12.6 Å². The van der Waals surface area contributed by atoms with Crippen molar-refractivity contribution >= 4 is 0 Å². The predicted octanol–water partition coefficient (Wildman–Crippen LogP) is -0.0445. The van der Waals surface area contributed by atoms with Gasteiger partial charge in [0.05, 0.1) is 25.4 Å². The topological polar surface area (TPSA) is 199 Å². The lowest BCUT2D eigenvalue weighted by Gasteiger charge is -2.58. The third kappa shape index (κ3) is 5.74. The Morgan fingerprint density at radius 2 is 1.40 bits per heavy atom. The zero-order chi connectivity index (χ0) is 32.4. The molecular formula is C33H54O12. The van der Waals surface area contributed by atoms with Crippen molar-refractivity contribution in [3.05, 3.63) is 11.6 Å². The summed E-state index contributed by atoms with van der Waals surface area (Å²) >= 11 is 0. The lowest BCUT2D eigenvalue weighted by Crippen LogP contribution is -2.60. The van der Waals surface area contributed by atoms with Crippen LogP contribution in [-0.4, -0.2) is 128 Å². The summed E-state index contributed by atoms with van der Waals surface area (Å²) in [6.45, 7) is 5.80. The van der Waals surface area contributed by atoms with Gasteiger partial charge >= 0.3 is 0 Å². The highest BCUT2D eigenvalue weighted by atomic mass is 16.7. The Morgan fingerprint density at radius 1 is 0.778 bits per heavy atom. The summed E-state index contributed by atoms with van der Waals surface area (Å²) in [6.07, 6.45) is -3.21. The molecule has 45 heavy (non-hydrogen) atoms. The van der Waals surface area contributed by atoms with E-state index < -0.39 is 74.6 Å². The Balaban J connectivity index is 1.11. The van der Waals surface area contributed by atoms with Crippen molar-refractivity contribution in [2.75, 3.05) is 13.2 Å². The molecule has 0 aromatic carbocycles. The third-order valence-corrected chi connectivity index (χ3v) is 13.1. The highest BCUT2D eigenvalue weighted by Gasteiger charge is 2.60. The van der Waals surface area contributed by atoms with E-state index in [-0.39, 0.29) is 29.0 Å². The number of allylic oxidation sites excluding steroid dienone is 1. The van der Waals surface area contributed by atoms with E-state index in [1.165, 1.54) is 5.57 Å². The fourth-order valence-electron chi connectivity index (χ4n) is 10.4. The molecule has 0 bridgehead atoms. The van der Waals surface area contributed by atoms with Crippen molar-refractivity contribution in [3.8, 4) is 0 Å². The molecule has 8 N–H and O–H groups in total. The average molecular weight is 643 g/mol. The van der Waals surface area contributed by atoms with E-state index in [0.717, 1.165) is 44.9 Å². The summed E-state index contributed by atoms with van der Waals surface area (Å²) in [5, 5.41) is 80.9. The summed E-state index contributed by atoms with van der Waals surface area (Å²) < 4.78 is 23.7. The number of aliphatic hydroxyl groups is 8. The van der Waals surface area contributed by atoms with Crippen molar-refractivity contribution in [1.29, 1.82) is 0 Å². The van der Waals surface area contributed by atoms with Crippen LogP contribution in [0.4, 0.5) is 0 Å². The average Bonchev–Trinajstić information content (AvgIpc) is 3.39. The van der Waals surface area contributed by atoms with Crippen LogP contribution in [0.25, 0.3) is 0 Å². The van der Waals surface area contributed by atoms with Crippen molar-refractivity contribution < 1.29 is 59.8 Å². The predicted molar refractivity (Wildman–Crippen MR) is 158 cm³/mol. The monoisotopic (exact) mass is 642 g/mol. The Hall–Kier alpha value is -0.740. The molecule has 12 nitrogen and oxygen atoms in total. The molecule has 2 aliphatic heterocycles. The maximum atomic E-state index is 10.6. The summed E-state index contributed by atoms with van der Waals surface area (Å²) in [5.74, 6) is 1.81. The molecule has 0 unspecified atom stereocenters. The summed E-state index contributed by atoms with van der Waals surface area (Å²) in [5.41, 5.74) is 1.46. The van der Waals surface area contributed by atoms with Crippen molar-refractivity contribution in [1.82, 2.24) is 0 Å². The van der Waals surface area contributed by atoms with Gasteiger partial charge in [0.2, 0.25) is 0 Å². The van der Waals surface area contributed by atoms with Crippen LogP contribution in [-0.2, 0) is 18.9 Å². The molecule has 12 heteroatoms. The first-order valence-electron chi connectivity index (χ1n) is 17.0. The number of hydrogen-bond donors (Lipinski definition) is 8. The molecule has 0 radical (unpaired) electrons. The van der Waals surface area contributed by atoms with Crippen molar-refractivity contribution in [2.45, 2.75) is 146 Å². The molecule has 5 fully saturated rings. The molecule has 3 saturated carbocycles. The van der Waals surface area contributed by atoms with E-state index in [0.29, 0.717) is 24.2 Å². The van der Waals surface area contributed by atoms with E-state index >= 15 is 0 Å². The van der Waals surface area contributed by atoms with Gasteiger partial charge in [-0.1, -0.05) is 25.5 Å². The molecule has 0 amide bonds. The van der Waals surface area contributed by atoms with Crippen LogP contribution in [0.1, 0.15) is 72.1 Å². The van der Waals surface area contributed by atoms with E-state index in [4.69, 9.17) is 18.9 Å². The molecule has 2 saturated heterocycles. The van der Waals surface area contributed by atoms with E-state index in [2.05, 4.69) is 19.9 Å². The first kappa shape index (κ1) is 34.1.